The minimum Gasteiger partial charge on any atom is -0.322 e. The van der Waals surface area contributed by atoms with Gasteiger partial charge >= 0.3 is 6.18 Å². The molecule has 1 aromatic heterocycles. The lowest BCUT2D eigenvalue weighted by Crippen LogP contribution is -2.12. The van der Waals surface area contributed by atoms with E-state index in [1.807, 2.05) is 0 Å². The van der Waals surface area contributed by atoms with Crippen LogP contribution in [0.5, 0.6) is 0 Å². The minimum absolute atomic E-state index is 0.0555. The van der Waals surface area contributed by atoms with Crippen molar-refractivity contribution in [3.8, 4) is 5.69 Å². The standard InChI is InChI=1S/C22H12Cl2F3N3O3/c23-17-4-3-15(30(32)33)11-16(17)21(31)28-14-2-6-19-12(9-14)7-8-29(19)20-5-1-13(10-18(20)24)22(25,26)27/h1-11H,(H,28,31). The van der Waals surface area contributed by atoms with Gasteiger partial charge in [0.25, 0.3) is 11.6 Å². The number of fused-ring (bicyclic) bond motifs is 1. The van der Waals surface area contributed by atoms with Crippen LogP contribution in [0.25, 0.3) is 16.6 Å². The van der Waals surface area contributed by atoms with E-state index in [0.29, 0.717) is 22.3 Å². The molecule has 0 radical (unpaired) electrons. The van der Waals surface area contributed by atoms with Crippen LogP contribution in [-0.2, 0) is 6.18 Å². The first kappa shape index (κ1) is 22.6. The number of carbonyl (C=O) groups is 1. The molecule has 4 aromatic rings. The second-order valence-electron chi connectivity index (χ2n) is 7.00. The molecule has 0 aliphatic rings. The van der Waals surface area contributed by atoms with Crippen LogP contribution in [0.4, 0.5) is 24.5 Å². The zero-order valence-corrected chi connectivity index (χ0v) is 17.9. The summed E-state index contributed by atoms with van der Waals surface area (Å²) >= 11 is 12.1. The molecule has 0 unspecified atom stereocenters. The fourth-order valence-electron chi connectivity index (χ4n) is 3.31. The van der Waals surface area contributed by atoms with Crippen molar-refractivity contribution in [1.82, 2.24) is 4.57 Å². The number of carbonyl (C=O) groups excluding carboxylic acids is 1. The van der Waals surface area contributed by atoms with E-state index in [2.05, 4.69) is 5.32 Å². The van der Waals surface area contributed by atoms with Crippen molar-refractivity contribution in [2.45, 2.75) is 6.18 Å². The first-order valence-electron chi connectivity index (χ1n) is 9.28. The van der Waals surface area contributed by atoms with Crippen molar-refractivity contribution in [2.24, 2.45) is 0 Å². The molecule has 1 amide bonds. The van der Waals surface area contributed by atoms with Crippen LogP contribution in [0.3, 0.4) is 0 Å². The van der Waals surface area contributed by atoms with Gasteiger partial charge in [-0.2, -0.15) is 13.2 Å². The Balaban J connectivity index is 1.63. The number of nitrogens with zero attached hydrogens (tertiary/aromatic N) is 2. The van der Waals surface area contributed by atoms with Crippen molar-refractivity contribution in [1.29, 1.82) is 0 Å². The number of halogens is 5. The lowest BCUT2D eigenvalue weighted by molar-refractivity contribution is -0.384. The molecule has 6 nitrogen and oxygen atoms in total. The molecule has 4 rings (SSSR count). The highest BCUT2D eigenvalue weighted by Gasteiger charge is 2.31. The molecule has 1 heterocycles. The van der Waals surface area contributed by atoms with Crippen molar-refractivity contribution in [3.05, 3.63) is 98.1 Å². The number of alkyl halides is 3. The second-order valence-corrected chi connectivity index (χ2v) is 7.81. The van der Waals surface area contributed by atoms with Crippen molar-refractivity contribution in [3.63, 3.8) is 0 Å². The highest BCUT2D eigenvalue weighted by molar-refractivity contribution is 6.34. The van der Waals surface area contributed by atoms with E-state index in [-0.39, 0.29) is 21.3 Å². The maximum absolute atomic E-state index is 12.9. The number of rotatable bonds is 4. The van der Waals surface area contributed by atoms with Crippen LogP contribution in [0.2, 0.25) is 10.0 Å². The molecule has 3 aromatic carbocycles. The van der Waals surface area contributed by atoms with Gasteiger partial charge in [-0.3, -0.25) is 14.9 Å². The van der Waals surface area contributed by atoms with E-state index >= 15 is 0 Å². The quantitative estimate of drug-likeness (QED) is 0.243. The molecule has 0 atom stereocenters. The first-order chi connectivity index (χ1) is 15.5. The number of benzene rings is 3. The Morgan fingerprint density at radius 2 is 1.73 bits per heavy atom. The van der Waals surface area contributed by atoms with E-state index in [9.17, 15) is 28.1 Å². The van der Waals surface area contributed by atoms with Crippen LogP contribution in [-0.4, -0.2) is 15.4 Å². The molecule has 0 saturated carbocycles. The van der Waals surface area contributed by atoms with E-state index in [1.165, 1.54) is 18.2 Å². The molecular formula is C22H12Cl2F3N3O3. The molecule has 0 fully saturated rings. The Labute approximate surface area is 194 Å². The Morgan fingerprint density at radius 3 is 2.39 bits per heavy atom. The maximum Gasteiger partial charge on any atom is 0.416 e. The first-order valence-corrected chi connectivity index (χ1v) is 10.0. The van der Waals surface area contributed by atoms with Gasteiger partial charge in [0.1, 0.15) is 0 Å². The van der Waals surface area contributed by atoms with E-state index in [1.54, 1.807) is 35.0 Å². The zero-order chi connectivity index (χ0) is 23.9. The lowest BCUT2D eigenvalue weighted by atomic mass is 10.1. The van der Waals surface area contributed by atoms with Gasteiger partial charge in [-0.15, -0.1) is 0 Å². The van der Waals surface area contributed by atoms with Crippen molar-refractivity contribution < 1.29 is 22.9 Å². The third-order valence-corrected chi connectivity index (χ3v) is 5.52. The smallest absolute Gasteiger partial charge is 0.322 e. The number of aromatic nitrogens is 1. The Kier molecular flexibility index (Phi) is 5.77. The zero-order valence-electron chi connectivity index (χ0n) is 16.4. The van der Waals surface area contributed by atoms with Gasteiger partial charge in [0.15, 0.2) is 0 Å². The molecule has 0 aliphatic heterocycles. The average molecular weight is 494 g/mol. The fraction of sp³-hybridized carbons (Fsp3) is 0.0455. The van der Waals surface area contributed by atoms with Crippen LogP contribution in [0, 0.1) is 10.1 Å². The Morgan fingerprint density at radius 1 is 0.970 bits per heavy atom. The average Bonchev–Trinajstić information content (AvgIpc) is 3.16. The third kappa shape index (κ3) is 4.50. The monoisotopic (exact) mass is 493 g/mol. The molecule has 0 saturated heterocycles. The SMILES string of the molecule is O=C(Nc1ccc2c(ccn2-c2ccc(C(F)(F)F)cc2Cl)c1)c1cc([N+](=O)[O-])ccc1Cl. The van der Waals surface area contributed by atoms with E-state index in [4.69, 9.17) is 23.2 Å². The number of amides is 1. The van der Waals surface area contributed by atoms with Crippen molar-refractivity contribution in [2.75, 3.05) is 5.32 Å². The summed E-state index contributed by atoms with van der Waals surface area (Å²) in [5, 5.41) is 14.3. The van der Waals surface area contributed by atoms with Gasteiger partial charge in [-0.1, -0.05) is 23.2 Å². The van der Waals surface area contributed by atoms with Crippen LogP contribution >= 0.6 is 23.2 Å². The summed E-state index contributed by atoms with van der Waals surface area (Å²) in [6.07, 6.45) is -2.86. The second kappa shape index (κ2) is 8.42. The number of nitro groups is 1. The van der Waals surface area contributed by atoms with Gasteiger partial charge < -0.3 is 9.88 Å². The molecule has 0 aliphatic carbocycles. The summed E-state index contributed by atoms with van der Waals surface area (Å²) in [5.41, 5.74) is 0.220. The van der Waals surface area contributed by atoms with Gasteiger partial charge in [-0.05, 0) is 48.5 Å². The number of nitro benzene ring substituents is 1. The van der Waals surface area contributed by atoms with Gasteiger partial charge in [0, 0.05) is 29.4 Å². The summed E-state index contributed by atoms with van der Waals surface area (Å²) in [5.74, 6) is -0.631. The summed E-state index contributed by atoms with van der Waals surface area (Å²) in [6, 6.07) is 13.2. The van der Waals surface area contributed by atoms with Crippen molar-refractivity contribution >= 4 is 51.4 Å². The van der Waals surface area contributed by atoms with Gasteiger partial charge in [0.2, 0.25) is 0 Å². The number of nitrogens with one attached hydrogen (secondary N) is 1. The molecule has 1 N–H and O–H groups in total. The predicted molar refractivity (Wildman–Crippen MR) is 119 cm³/mol. The molecule has 11 heteroatoms. The topological polar surface area (TPSA) is 77.2 Å². The van der Waals surface area contributed by atoms with Gasteiger partial charge in [-0.25, -0.2) is 0 Å². The summed E-state index contributed by atoms with van der Waals surface area (Å²) in [4.78, 5) is 22.9. The van der Waals surface area contributed by atoms with Crippen LogP contribution in [0.1, 0.15) is 15.9 Å². The highest BCUT2D eigenvalue weighted by Crippen LogP contribution is 2.34. The molecule has 168 valence electrons. The number of anilines is 1. The normalized spacial score (nSPS) is 11.5. The highest BCUT2D eigenvalue weighted by atomic mass is 35.5. The molecule has 33 heavy (non-hydrogen) atoms. The van der Waals surface area contributed by atoms with Gasteiger partial charge in [0.05, 0.1) is 37.3 Å². The summed E-state index contributed by atoms with van der Waals surface area (Å²) < 4.78 is 40.4. The van der Waals surface area contributed by atoms with Crippen LogP contribution in [0.15, 0.2) is 66.9 Å². The molecular weight excluding hydrogens is 482 g/mol. The minimum atomic E-state index is -4.50. The van der Waals surface area contributed by atoms with Crippen LogP contribution < -0.4 is 5.32 Å². The molecule has 0 bridgehead atoms. The summed E-state index contributed by atoms with van der Waals surface area (Å²) in [6.45, 7) is 0. The Hall–Kier alpha value is -3.56. The largest absolute Gasteiger partial charge is 0.416 e. The summed E-state index contributed by atoms with van der Waals surface area (Å²) in [7, 11) is 0. The number of hydrogen-bond acceptors (Lipinski definition) is 3. The van der Waals surface area contributed by atoms with E-state index in [0.717, 1.165) is 18.2 Å². The number of non-ortho nitro benzene ring substituents is 1. The number of hydrogen-bond donors (Lipinski definition) is 1. The third-order valence-electron chi connectivity index (χ3n) is 4.89. The Bertz CT molecular complexity index is 1420. The molecule has 0 spiro atoms. The predicted octanol–water partition coefficient (Wildman–Crippen LogP) is 7.12. The fourth-order valence-corrected chi connectivity index (χ4v) is 3.78. The maximum atomic E-state index is 12.9. The van der Waals surface area contributed by atoms with E-state index < -0.39 is 22.6 Å². The lowest BCUT2D eigenvalue weighted by Gasteiger charge is -2.12.